The van der Waals surface area contributed by atoms with Crippen LogP contribution in [0.15, 0.2) is 28.7 Å². The Labute approximate surface area is 96.8 Å². The molecule has 2 aromatic rings. The van der Waals surface area contributed by atoms with Crippen molar-refractivity contribution in [2.24, 2.45) is 0 Å². The van der Waals surface area contributed by atoms with Crippen molar-refractivity contribution in [3.8, 4) is 11.8 Å². The van der Waals surface area contributed by atoms with Gasteiger partial charge in [0, 0.05) is 0 Å². The number of para-hydroxylation sites is 1. The van der Waals surface area contributed by atoms with Crippen LogP contribution in [0.25, 0.3) is 11.0 Å². The molecule has 1 N–H and O–H groups in total. The summed E-state index contributed by atoms with van der Waals surface area (Å²) < 4.78 is 10.5. The van der Waals surface area contributed by atoms with E-state index in [1.54, 1.807) is 24.3 Å². The summed E-state index contributed by atoms with van der Waals surface area (Å²) in [6, 6.07) is 8.77. The summed E-state index contributed by atoms with van der Waals surface area (Å²) >= 11 is 0. The van der Waals surface area contributed by atoms with Gasteiger partial charge >= 0.3 is 5.97 Å². The number of hydrogen-bond acceptors (Lipinski definition) is 4. The monoisotopic (exact) mass is 231 g/mol. The fourth-order valence-corrected chi connectivity index (χ4v) is 1.44. The lowest BCUT2D eigenvalue weighted by molar-refractivity contribution is -0.144. The van der Waals surface area contributed by atoms with Crippen molar-refractivity contribution in [2.75, 3.05) is 0 Å². The summed E-state index contributed by atoms with van der Waals surface area (Å²) in [7, 11) is 0. The molecule has 0 aliphatic rings. The van der Waals surface area contributed by atoms with Gasteiger partial charge in [-0.2, -0.15) is 5.26 Å². The zero-order valence-electron chi connectivity index (χ0n) is 9.01. The van der Waals surface area contributed by atoms with Crippen molar-refractivity contribution >= 4 is 16.9 Å². The largest absolute Gasteiger partial charge is 0.479 e. The summed E-state index contributed by atoms with van der Waals surface area (Å²) in [5, 5.41) is 18.3. The number of aliphatic carboxylic acids is 1. The Balaban J connectivity index is 2.51. The van der Waals surface area contributed by atoms with Crippen molar-refractivity contribution in [3.05, 3.63) is 30.0 Å². The van der Waals surface area contributed by atoms with E-state index >= 15 is 0 Å². The first-order valence-corrected chi connectivity index (χ1v) is 4.94. The van der Waals surface area contributed by atoms with E-state index in [0.29, 0.717) is 11.0 Å². The lowest BCUT2D eigenvalue weighted by Crippen LogP contribution is -2.23. The van der Waals surface area contributed by atoms with E-state index in [2.05, 4.69) is 0 Å². The number of ether oxygens (including phenoxy) is 1. The second-order valence-electron chi connectivity index (χ2n) is 3.47. The molecule has 0 radical (unpaired) electrons. The topological polar surface area (TPSA) is 83.5 Å². The van der Waals surface area contributed by atoms with E-state index in [-0.39, 0.29) is 11.5 Å². The molecule has 1 aromatic carbocycles. The second kappa shape index (κ2) is 4.18. The molecular weight excluding hydrogens is 222 g/mol. The molecule has 86 valence electrons. The van der Waals surface area contributed by atoms with Gasteiger partial charge in [0.2, 0.25) is 5.76 Å². The zero-order chi connectivity index (χ0) is 12.4. The number of furan rings is 1. The first kappa shape index (κ1) is 11.0. The molecule has 1 atom stereocenters. The first-order valence-electron chi connectivity index (χ1n) is 4.94. The molecule has 0 aliphatic heterocycles. The predicted octanol–water partition coefficient (Wildman–Crippen LogP) is 2.16. The normalized spacial score (nSPS) is 12.0. The Kier molecular flexibility index (Phi) is 2.71. The van der Waals surface area contributed by atoms with Gasteiger partial charge in [-0.05, 0) is 19.1 Å². The quantitative estimate of drug-likeness (QED) is 0.874. The smallest absolute Gasteiger partial charge is 0.344 e. The average molecular weight is 231 g/mol. The highest BCUT2D eigenvalue weighted by atomic mass is 16.5. The summed E-state index contributed by atoms with van der Waals surface area (Å²) in [5.74, 6) is -0.934. The molecule has 1 aromatic heterocycles. The molecule has 1 unspecified atom stereocenters. The summed E-state index contributed by atoms with van der Waals surface area (Å²) in [6.07, 6.45) is -1.04. The maximum absolute atomic E-state index is 10.7. The lowest BCUT2D eigenvalue weighted by Gasteiger charge is -2.08. The minimum absolute atomic E-state index is 0.0145. The number of carboxylic acid groups (broad SMARTS) is 1. The molecule has 2 rings (SSSR count). The molecule has 5 heteroatoms. The molecule has 17 heavy (non-hydrogen) atoms. The summed E-state index contributed by atoms with van der Waals surface area (Å²) in [6.45, 7) is 1.39. The second-order valence-corrected chi connectivity index (χ2v) is 3.47. The SMILES string of the molecule is CC(Oc1c(C#N)oc2ccccc12)C(=O)O. The van der Waals surface area contributed by atoms with Gasteiger partial charge in [0.25, 0.3) is 0 Å². The van der Waals surface area contributed by atoms with Crippen LogP contribution in [0.1, 0.15) is 12.7 Å². The van der Waals surface area contributed by atoms with E-state index in [1.807, 2.05) is 6.07 Å². The van der Waals surface area contributed by atoms with E-state index < -0.39 is 12.1 Å². The highest BCUT2D eigenvalue weighted by Crippen LogP contribution is 2.33. The van der Waals surface area contributed by atoms with Crippen LogP contribution in [-0.4, -0.2) is 17.2 Å². The number of rotatable bonds is 3. The van der Waals surface area contributed by atoms with Crippen molar-refractivity contribution in [1.29, 1.82) is 5.26 Å². The summed E-state index contributed by atoms with van der Waals surface area (Å²) in [5.41, 5.74) is 0.497. The van der Waals surface area contributed by atoms with Gasteiger partial charge < -0.3 is 14.3 Å². The number of carbonyl (C=O) groups is 1. The van der Waals surface area contributed by atoms with Gasteiger partial charge in [-0.15, -0.1) is 0 Å². The molecule has 0 fully saturated rings. The highest BCUT2D eigenvalue weighted by Gasteiger charge is 2.20. The van der Waals surface area contributed by atoms with Crippen LogP contribution in [0.2, 0.25) is 0 Å². The molecule has 0 spiro atoms. The van der Waals surface area contributed by atoms with Crippen LogP contribution in [-0.2, 0) is 4.79 Å². The Bertz CT molecular complexity index is 608. The van der Waals surface area contributed by atoms with Crippen molar-refractivity contribution in [2.45, 2.75) is 13.0 Å². The number of carboxylic acids is 1. The predicted molar refractivity (Wildman–Crippen MR) is 58.7 cm³/mol. The molecule has 1 heterocycles. The molecule has 0 saturated heterocycles. The highest BCUT2D eigenvalue weighted by molar-refractivity contribution is 5.87. The average Bonchev–Trinajstić information content (AvgIpc) is 2.67. The number of nitriles is 1. The lowest BCUT2D eigenvalue weighted by atomic mass is 10.2. The van der Waals surface area contributed by atoms with Crippen LogP contribution in [0.4, 0.5) is 0 Å². The third-order valence-electron chi connectivity index (χ3n) is 2.29. The van der Waals surface area contributed by atoms with Gasteiger partial charge in [0.1, 0.15) is 11.7 Å². The van der Waals surface area contributed by atoms with Gasteiger partial charge in [0.15, 0.2) is 11.9 Å². The minimum atomic E-state index is -1.10. The van der Waals surface area contributed by atoms with Gasteiger partial charge in [-0.1, -0.05) is 12.1 Å². The van der Waals surface area contributed by atoms with Gasteiger partial charge in [0.05, 0.1) is 5.39 Å². The first-order chi connectivity index (χ1) is 8.13. The Morgan fingerprint density at radius 3 is 2.88 bits per heavy atom. The van der Waals surface area contributed by atoms with Crippen LogP contribution in [0.5, 0.6) is 5.75 Å². The number of hydrogen-bond donors (Lipinski definition) is 1. The number of benzene rings is 1. The van der Waals surface area contributed by atoms with Gasteiger partial charge in [-0.25, -0.2) is 4.79 Å². The molecule has 0 amide bonds. The van der Waals surface area contributed by atoms with E-state index in [0.717, 1.165) is 0 Å². The number of fused-ring (bicyclic) bond motifs is 1. The third kappa shape index (κ3) is 1.93. The zero-order valence-corrected chi connectivity index (χ0v) is 9.01. The Hall–Kier alpha value is -2.48. The van der Waals surface area contributed by atoms with Crippen LogP contribution in [0, 0.1) is 11.3 Å². The molecule has 0 bridgehead atoms. The summed E-state index contributed by atoms with van der Waals surface area (Å²) in [4.78, 5) is 10.7. The van der Waals surface area contributed by atoms with E-state index in [1.165, 1.54) is 6.92 Å². The molecule has 5 nitrogen and oxygen atoms in total. The Morgan fingerprint density at radius 1 is 1.53 bits per heavy atom. The van der Waals surface area contributed by atoms with Gasteiger partial charge in [-0.3, -0.25) is 0 Å². The van der Waals surface area contributed by atoms with E-state index in [4.69, 9.17) is 19.5 Å². The van der Waals surface area contributed by atoms with Crippen LogP contribution < -0.4 is 4.74 Å². The number of nitrogens with zero attached hydrogens (tertiary/aromatic N) is 1. The molecule has 0 saturated carbocycles. The van der Waals surface area contributed by atoms with Crippen LogP contribution >= 0.6 is 0 Å². The Morgan fingerprint density at radius 2 is 2.24 bits per heavy atom. The molecular formula is C12H9NO4. The maximum atomic E-state index is 10.7. The maximum Gasteiger partial charge on any atom is 0.344 e. The standard InChI is InChI=1S/C12H9NO4/c1-7(12(14)15)16-11-8-4-2-3-5-9(8)17-10(11)6-13/h2-5,7H,1H3,(H,14,15). The van der Waals surface area contributed by atoms with Crippen molar-refractivity contribution in [3.63, 3.8) is 0 Å². The fourth-order valence-electron chi connectivity index (χ4n) is 1.44. The fraction of sp³-hybridized carbons (Fsp3) is 0.167. The third-order valence-corrected chi connectivity index (χ3v) is 2.29. The van der Waals surface area contributed by atoms with Crippen molar-refractivity contribution in [1.82, 2.24) is 0 Å². The molecule has 0 aliphatic carbocycles. The van der Waals surface area contributed by atoms with Crippen LogP contribution in [0.3, 0.4) is 0 Å². The van der Waals surface area contributed by atoms with Crippen molar-refractivity contribution < 1.29 is 19.1 Å². The van der Waals surface area contributed by atoms with E-state index in [9.17, 15) is 4.79 Å². The minimum Gasteiger partial charge on any atom is -0.479 e.